The van der Waals surface area contributed by atoms with E-state index in [1.165, 1.54) is 12.8 Å². The minimum absolute atomic E-state index is 0.662. The van der Waals surface area contributed by atoms with Crippen molar-refractivity contribution in [2.75, 3.05) is 12.3 Å². The number of rotatable bonds is 5. The second-order valence-corrected chi connectivity index (χ2v) is 5.86. The second kappa shape index (κ2) is 4.85. The van der Waals surface area contributed by atoms with Crippen molar-refractivity contribution in [2.24, 2.45) is 5.92 Å². The van der Waals surface area contributed by atoms with Crippen molar-refractivity contribution in [2.45, 2.75) is 39.3 Å². The summed E-state index contributed by atoms with van der Waals surface area (Å²) in [5.41, 5.74) is 8.18. The highest BCUT2D eigenvalue weighted by molar-refractivity contribution is 5.85. The topological polar surface area (TPSA) is 55.3 Å². The predicted molar refractivity (Wildman–Crippen MR) is 76.7 cm³/mol. The molecule has 2 N–H and O–H groups in total. The number of benzene rings is 1. The number of oxazole rings is 1. The summed E-state index contributed by atoms with van der Waals surface area (Å²) in [6.07, 6.45) is 2.60. The molecule has 1 aliphatic carbocycles. The van der Waals surface area contributed by atoms with E-state index in [-0.39, 0.29) is 0 Å². The van der Waals surface area contributed by atoms with Crippen LogP contribution in [0.3, 0.4) is 0 Å². The average molecular weight is 259 g/mol. The van der Waals surface area contributed by atoms with Crippen LogP contribution in [0.2, 0.25) is 0 Å². The standard InChI is InChI=1S/C15H21N3O/c1-10(2)8-18(11-6-7-11)9-14-17-15-12(16)4-3-5-13(15)19-14/h3-5,10-11H,6-9,16H2,1-2H3. The van der Waals surface area contributed by atoms with Gasteiger partial charge in [0, 0.05) is 12.6 Å². The normalized spacial score (nSPS) is 15.8. The molecule has 1 aromatic heterocycles. The van der Waals surface area contributed by atoms with E-state index < -0.39 is 0 Å². The molecule has 0 bridgehead atoms. The Labute approximate surface area is 113 Å². The van der Waals surface area contributed by atoms with Crippen LogP contribution in [-0.2, 0) is 6.54 Å². The first-order valence-corrected chi connectivity index (χ1v) is 7.01. The van der Waals surface area contributed by atoms with Crippen LogP contribution < -0.4 is 5.73 Å². The van der Waals surface area contributed by atoms with E-state index in [2.05, 4.69) is 23.7 Å². The van der Waals surface area contributed by atoms with Gasteiger partial charge >= 0.3 is 0 Å². The second-order valence-electron chi connectivity index (χ2n) is 5.86. The highest BCUT2D eigenvalue weighted by Crippen LogP contribution is 2.30. The van der Waals surface area contributed by atoms with Gasteiger partial charge in [-0.05, 0) is 30.9 Å². The van der Waals surface area contributed by atoms with E-state index in [1.807, 2.05) is 18.2 Å². The maximum Gasteiger partial charge on any atom is 0.209 e. The van der Waals surface area contributed by atoms with Gasteiger partial charge in [0.2, 0.25) is 5.89 Å². The maximum atomic E-state index is 5.92. The third kappa shape index (κ3) is 2.73. The fourth-order valence-corrected chi connectivity index (χ4v) is 2.51. The summed E-state index contributed by atoms with van der Waals surface area (Å²) in [6.45, 7) is 6.38. The Kier molecular flexibility index (Phi) is 3.19. The molecule has 1 heterocycles. The molecular formula is C15H21N3O. The van der Waals surface area contributed by atoms with Gasteiger partial charge in [0.05, 0.1) is 12.2 Å². The zero-order valence-corrected chi connectivity index (χ0v) is 11.6. The monoisotopic (exact) mass is 259 g/mol. The lowest BCUT2D eigenvalue weighted by Crippen LogP contribution is -2.29. The van der Waals surface area contributed by atoms with E-state index in [0.717, 1.165) is 36.1 Å². The quantitative estimate of drug-likeness (QED) is 0.839. The van der Waals surface area contributed by atoms with Crippen LogP contribution in [0.25, 0.3) is 11.1 Å². The van der Waals surface area contributed by atoms with E-state index >= 15 is 0 Å². The Balaban J connectivity index is 1.81. The molecule has 1 aliphatic rings. The highest BCUT2D eigenvalue weighted by atomic mass is 16.3. The molecule has 1 saturated carbocycles. The maximum absolute atomic E-state index is 5.92. The largest absolute Gasteiger partial charge is 0.439 e. The number of nitrogen functional groups attached to an aromatic ring is 1. The summed E-state index contributed by atoms with van der Waals surface area (Å²) in [5, 5.41) is 0. The Morgan fingerprint density at radius 3 is 2.84 bits per heavy atom. The van der Waals surface area contributed by atoms with Gasteiger partial charge in [-0.3, -0.25) is 4.90 Å². The molecule has 0 radical (unpaired) electrons. The number of hydrogen-bond donors (Lipinski definition) is 1. The van der Waals surface area contributed by atoms with Crippen LogP contribution in [0.4, 0.5) is 5.69 Å². The minimum atomic E-state index is 0.662. The molecule has 0 atom stereocenters. The predicted octanol–water partition coefficient (Wildman–Crippen LogP) is 3.03. The molecule has 3 rings (SSSR count). The van der Waals surface area contributed by atoms with Gasteiger partial charge in [-0.15, -0.1) is 0 Å². The number of nitrogens with zero attached hydrogens (tertiary/aromatic N) is 2. The van der Waals surface area contributed by atoms with Gasteiger partial charge in [0.25, 0.3) is 0 Å². The lowest BCUT2D eigenvalue weighted by Gasteiger charge is -2.22. The van der Waals surface area contributed by atoms with Crippen molar-refractivity contribution in [3.63, 3.8) is 0 Å². The van der Waals surface area contributed by atoms with E-state index in [9.17, 15) is 0 Å². The van der Waals surface area contributed by atoms with Gasteiger partial charge in [-0.1, -0.05) is 19.9 Å². The summed E-state index contributed by atoms with van der Waals surface area (Å²) in [7, 11) is 0. The lowest BCUT2D eigenvalue weighted by atomic mass is 10.2. The molecule has 102 valence electrons. The summed E-state index contributed by atoms with van der Waals surface area (Å²) in [4.78, 5) is 7.01. The number of nitrogens with two attached hydrogens (primary N) is 1. The van der Waals surface area contributed by atoms with Gasteiger partial charge in [-0.25, -0.2) is 4.98 Å². The summed E-state index contributed by atoms with van der Waals surface area (Å²) in [6, 6.07) is 6.40. The molecule has 0 saturated heterocycles. The third-order valence-electron chi connectivity index (χ3n) is 3.50. The van der Waals surface area contributed by atoms with E-state index in [1.54, 1.807) is 0 Å². The molecule has 2 aromatic rings. The Morgan fingerprint density at radius 1 is 1.42 bits per heavy atom. The first kappa shape index (κ1) is 12.5. The molecule has 0 amide bonds. The smallest absolute Gasteiger partial charge is 0.209 e. The average Bonchev–Trinajstić information content (AvgIpc) is 3.10. The zero-order chi connectivity index (χ0) is 13.4. The highest BCUT2D eigenvalue weighted by Gasteiger charge is 2.30. The van der Waals surface area contributed by atoms with Crippen LogP contribution >= 0.6 is 0 Å². The SMILES string of the molecule is CC(C)CN(Cc1nc2c(N)cccc2o1)C1CC1. The van der Waals surface area contributed by atoms with Crippen LogP contribution in [0.15, 0.2) is 22.6 Å². The number of para-hydroxylation sites is 1. The summed E-state index contributed by atoms with van der Waals surface area (Å²) in [5.74, 6) is 1.44. The molecule has 0 spiro atoms. The van der Waals surface area contributed by atoms with Gasteiger partial charge in [0.1, 0.15) is 5.52 Å². The first-order valence-electron chi connectivity index (χ1n) is 7.01. The van der Waals surface area contributed by atoms with Crippen molar-refractivity contribution >= 4 is 16.8 Å². The van der Waals surface area contributed by atoms with Crippen molar-refractivity contribution in [1.82, 2.24) is 9.88 Å². The fraction of sp³-hybridized carbons (Fsp3) is 0.533. The van der Waals surface area contributed by atoms with E-state index in [0.29, 0.717) is 11.6 Å². The first-order chi connectivity index (χ1) is 9.13. The van der Waals surface area contributed by atoms with Crippen LogP contribution in [0, 0.1) is 5.92 Å². The van der Waals surface area contributed by atoms with Crippen molar-refractivity contribution < 1.29 is 4.42 Å². The summed E-state index contributed by atoms with van der Waals surface area (Å²) >= 11 is 0. The Morgan fingerprint density at radius 2 is 2.21 bits per heavy atom. The van der Waals surface area contributed by atoms with Crippen molar-refractivity contribution in [3.05, 3.63) is 24.1 Å². The van der Waals surface area contributed by atoms with Crippen LogP contribution in [0.5, 0.6) is 0 Å². The van der Waals surface area contributed by atoms with Crippen LogP contribution in [0.1, 0.15) is 32.6 Å². The zero-order valence-electron chi connectivity index (χ0n) is 11.6. The number of aromatic nitrogens is 1. The van der Waals surface area contributed by atoms with Crippen molar-refractivity contribution in [3.8, 4) is 0 Å². The summed E-state index contributed by atoms with van der Waals surface area (Å²) < 4.78 is 5.81. The number of fused-ring (bicyclic) bond motifs is 1. The molecule has 0 unspecified atom stereocenters. The lowest BCUT2D eigenvalue weighted by molar-refractivity contribution is 0.207. The molecule has 1 aromatic carbocycles. The molecular weight excluding hydrogens is 238 g/mol. The van der Waals surface area contributed by atoms with E-state index in [4.69, 9.17) is 10.2 Å². The third-order valence-corrected chi connectivity index (χ3v) is 3.50. The Hall–Kier alpha value is -1.55. The molecule has 0 aliphatic heterocycles. The van der Waals surface area contributed by atoms with Gasteiger partial charge in [0.15, 0.2) is 5.58 Å². The number of hydrogen-bond acceptors (Lipinski definition) is 4. The van der Waals surface area contributed by atoms with Gasteiger partial charge in [-0.2, -0.15) is 0 Å². The molecule has 4 heteroatoms. The minimum Gasteiger partial charge on any atom is -0.439 e. The van der Waals surface area contributed by atoms with Crippen LogP contribution in [-0.4, -0.2) is 22.5 Å². The molecule has 1 fully saturated rings. The Bertz CT molecular complexity index is 572. The molecule has 4 nitrogen and oxygen atoms in total. The van der Waals surface area contributed by atoms with Gasteiger partial charge < -0.3 is 10.2 Å². The molecule has 19 heavy (non-hydrogen) atoms. The van der Waals surface area contributed by atoms with Crippen molar-refractivity contribution in [1.29, 1.82) is 0 Å². The number of anilines is 1. The fourth-order valence-electron chi connectivity index (χ4n) is 2.51.